The summed E-state index contributed by atoms with van der Waals surface area (Å²) in [6.45, 7) is 1.45. The quantitative estimate of drug-likeness (QED) is 0.731. The predicted molar refractivity (Wildman–Crippen MR) is 89.5 cm³/mol. The lowest BCUT2D eigenvalue weighted by molar-refractivity contribution is 0.0674. The first-order chi connectivity index (χ1) is 11.8. The van der Waals surface area contributed by atoms with Gasteiger partial charge in [0, 0.05) is 43.3 Å². The number of nitrogens with zero attached hydrogens (tertiary/aromatic N) is 6. The lowest BCUT2D eigenvalue weighted by atomic mass is 10.1. The highest BCUT2D eigenvalue weighted by Crippen LogP contribution is 2.25. The number of imidazole rings is 1. The minimum absolute atomic E-state index is 0.0220. The van der Waals surface area contributed by atoms with Gasteiger partial charge in [-0.15, -0.1) is 11.3 Å². The number of aromatic nitrogens is 5. The van der Waals surface area contributed by atoms with Crippen LogP contribution in [-0.4, -0.2) is 48.4 Å². The molecule has 1 fully saturated rings. The van der Waals surface area contributed by atoms with Gasteiger partial charge in [-0.05, 0) is 12.8 Å². The zero-order valence-electron chi connectivity index (χ0n) is 12.9. The Morgan fingerprint density at radius 2 is 2.21 bits per heavy atom. The first-order valence-electron chi connectivity index (χ1n) is 7.80. The van der Waals surface area contributed by atoms with E-state index < -0.39 is 0 Å². The van der Waals surface area contributed by atoms with E-state index >= 15 is 0 Å². The molecule has 8 heteroatoms. The Morgan fingerprint density at radius 1 is 1.25 bits per heavy atom. The molecule has 1 saturated heterocycles. The summed E-state index contributed by atoms with van der Waals surface area (Å²) in [5, 5.41) is 2.52. The van der Waals surface area contributed by atoms with Gasteiger partial charge in [0.2, 0.25) is 0 Å². The molecule has 122 valence electrons. The molecule has 3 aromatic heterocycles. The number of amides is 1. The Bertz CT molecular complexity index is 816. The Morgan fingerprint density at radius 3 is 3.00 bits per heavy atom. The number of hydrogen-bond donors (Lipinski definition) is 0. The zero-order chi connectivity index (χ0) is 16.4. The molecule has 3 aromatic rings. The standard InChI is InChI=1S/C16H16N6OS/c23-16(14-10-24-15(20-14)13-8-17-3-4-19-13)21-6-1-2-12(9-21)22-7-5-18-11-22/h3-5,7-8,10-12H,1-2,6,9H2/t12-/m0/s1. The molecule has 1 amide bonds. The van der Waals surface area contributed by atoms with Crippen molar-refractivity contribution in [3.05, 3.63) is 48.4 Å². The number of carbonyl (C=O) groups is 1. The average Bonchev–Trinajstić information content (AvgIpc) is 3.34. The number of carbonyl (C=O) groups excluding carboxylic acids is 1. The highest BCUT2D eigenvalue weighted by Gasteiger charge is 2.26. The largest absolute Gasteiger partial charge is 0.335 e. The number of likely N-dealkylation sites (tertiary alicyclic amines) is 1. The lowest BCUT2D eigenvalue weighted by Crippen LogP contribution is -2.40. The lowest BCUT2D eigenvalue weighted by Gasteiger charge is -2.32. The van der Waals surface area contributed by atoms with Crippen LogP contribution in [0.25, 0.3) is 10.7 Å². The second-order valence-electron chi connectivity index (χ2n) is 5.69. The van der Waals surface area contributed by atoms with Gasteiger partial charge in [0.15, 0.2) is 0 Å². The van der Waals surface area contributed by atoms with Crippen molar-refractivity contribution in [1.82, 2.24) is 29.4 Å². The summed E-state index contributed by atoms with van der Waals surface area (Å²) in [5.41, 5.74) is 1.17. The van der Waals surface area contributed by atoms with E-state index in [0.717, 1.165) is 24.4 Å². The molecule has 0 radical (unpaired) electrons. The highest BCUT2D eigenvalue weighted by molar-refractivity contribution is 7.13. The molecule has 0 spiro atoms. The molecule has 0 aliphatic carbocycles. The summed E-state index contributed by atoms with van der Waals surface area (Å²) >= 11 is 1.42. The van der Waals surface area contributed by atoms with Crippen LogP contribution in [0.4, 0.5) is 0 Å². The number of piperidine rings is 1. The first-order valence-corrected chi connectivity index (χ1v) is 8.68. The Labute approximate surface area is 143 Å². The topological polar surface area (TPSA) is 76.8 Å². The fourth-order valence-corrected chi connectivity index (χ4v) is 3.68. The van der Waals surface area contributed by atoms with Crippen molar-refractivity contribution >= 4 is 17.2 Å². The van der Waals surface area contributed by atoms with E-state index in [9.17, 15) is 4.79 Å². The van der Waals surface area contributed by atoms with Crippen LogP contribution in [-0.2, 0) is 0 Å². The van der Waals surface area contributed by atoms with E-state index in [-0.39, 0.29) is 11.9 Å². The molecule has 1 atom stereocenters. The Balaban J connectivity index is 1.50. The van der Waals surface area contributed by atoms with Gasteiger partial charge >= 0.3 is 0 Å². The molecule has 0 aromatic carbocycles. The molecule has 24 heavy (non-hydrogen) atoms. The van der Waals surface area contributed by atoms with E-state index in [4.69, 9.17) is 0 Å². The molecular weight excluding hydrogens is 324 g/mol. The summed E-state index contributed by atoms with van der Waals surface area (Å²) < 4.78 is 2.07. The third-order valence-electron chi connectivity index (χ3n) is 4.14. The van der Waals surface area contributed by atoms with Crippen LogP contribution in [0.1, 0.15) is 29.4 Å². The van der Waals surface area contributed by atoms with Crippen LogP contribution < -0.4 is 0 Å². The van der Waals surface area contributed by atoms with Crippen molar-refractivity contribution in [3.63, 3.8) is 0 Å². The molecule has 1 aliphatic heterocycles. The van der Waals surface area contributed by atoms with Gasteiger partial charge in [0.05, 0.1) is 18.6 Å². The maximum absolute atomic E-state index is 12.8. The monoisotopic (exact) mass is 340 g/mol. The molecule has 0 saturated carbocycles. The second kappa shape index (κ2) is 6.48. The number of thiazole rings is 1. The van der Waals surface area contributed by atoms with Crippen LogP contribution >= 0.6 is 11.3 Å². The van der Waals surface area contributed by atoms with Gasteiger partial charge in [-0.2, -0.15) is 0 Å². The van der Waals surface area contributed by atoms with Crippen molar-refractivity contribution in [2.45, 2.75) is 18.9 Å². The van der Waals surface area contributed by atoms with Crippen LogP contribution in [0.3, 0.4) is 0 Å². The first kappa shape index (κ1) is 14.9. The van der Waals surface area contributed by atoms with E-state index in [1.54, 1.807) is 30.2 Å². The highest BCUT2D eigenvalue weighted by atomic mass is 32.1. The molecular formula is C16H16N6OS. The minimum atomic E-state index is -0.0220. The SMILES string of the molecule is O=C(c1csc(-c2cnccn2)n1)N1CCC[C@H](n2ccnc2)C1. The second-order valence-corrected chi connectivity index (χ2v) is 6.54. The maximum Gasteiger partial charge on any atom is 0.273 e. The molecule has 1 aliphatic rings. The minimum Gasteiger partial charge on any atom is -0.335 e. The van der Waals surface area contributed by atoms with E-state index in [0.29, 0.717) is 17.9 Å². The summed E-state index contributed by atoms with van der Waals surface area (Å²) in [5.74, 6) is -0.0220. The molecule has 0 bridgehead atoms. The fraction of sp³-hybridized carbons (Fsp3) is 0.312. The molecule has 0 N–H and O–H groups in total. The van der Waals surface area contributed by atoms with Crippen molar-refractivity contribution in [2.75, 3.05) is 13.1 Å². The smallest absolute Gasteiger partial charge is 0.273 e. The van der Waals surface area contributed by atoms with Crippen LogP contribution in [0.15, 0.2) is 42.7 Å². The Kier molecular flexibility index (Phi) is 4.04. The van der Waals surface area contributed by atoms with Gasteiger partial charge in [0.1, 0.15) is 16.4 Å². The van der Waals surface area contributed by atoms with E-state index in [1.165, 1.54) is 11.3 Å². The van der Waals surface area contributed by atoms with Crippen molar-refractivity contribution in [3.8, 4) is 10.7 Å². The summed E-state index contributed by atoms with van der Waals surface area (Å²) in [4.78, 5) is 31.5. The predicted octanol–water partition coefficient (Wildman–Crippen LogP) is 2.27. The fourth-order valence-electron chi connectivity index (χ4n) is 2.93. The van der Waals surface area contributed by atoms with E-state index in [2.05, 4.69) is 24.5 Å². The van der Waals surface area contributed by atoms with E-state index in [1.807, 2.05) is 17.4 Å². The zero-order valence-corrected chi connectivity index (χ0v) is 13.8. The van der Waals surface area contributed by atoms with Crippen molar-refractivity contribution in [1.29, 1.82) is 0 Å². The van der Waals surface area contributed by atoms with Gasteiger partial charge in [-0.3, -0.25) is 14.8 Å². The number of hydrogen-bond acceptors (Lipinski definition) is 6. The van der Waals surface area contributed by atoms with Gasteiger partial charge in [-0.1, -0.05) is 0 Å². The molecule has 4 rings (SSSR count). The van der Waals surface area contributed by atoms with Crippen molar-refractivity contribution < 1.29 is 4.79 Å². The third kappa shape index (κ3) is 2.92. The summed E-state index contributed by atoms with van der Waals surface area (Å²) in [6.07, 6.45) is 12.5. The molecule has 0 unspecified atom stereocenters. The van der Waals surface area contributed by atoms with Gasteiger partial charge in [0.25, 0.3) is 5.91 Å². The van der Waals surface area contributed by atoms with Crippen molar-refractivity contribution in [2.24, 2.45) is 0 Å². The van der Waals surface area contributed by atoms with Crippen LogP contribution in [0.2, 0.25) is 0 Å². The third-order valence-corrected chi connectivity index (χ3v) is 5.00. The summed E-state index contributed by atoms with van der Waals surface area (Å²) in [7, 11) is 0. The molecule has 4 heterocycles. The number of rotatable bonds is 3. The Hall–Kier alpha value is -2.61. The average molecular weight is 340 g/mol. The van der Waals surface area contributed by atoms with Crippen LogP contribution in [0, 0.1) is 0 Å². The normalized spacial score (nSPS) is 17.8. The maximum atomic E-state index is 12.8. The van der Waals surface area contributed by atoms with Gasteiger partial charge in [-0.25, -0.2) is 9.97 Å². The summed E-state index contributed by atoms with van der Waals surface area (Å²) in [6, 6.07) is 0.281. The molecule has 7 nitrogen and oxygen atoms in total. The van der Waals surface area contributed by atoms with Crippen LogP contribution in [0.5, 0.6) is 0 Å². The van der Waals surface area contributed by atoms with Gasteiger partial charge < -0.3 is 9.47 Å².